The van der Waals surface area contributed by atoms with Gasteiger partial charge in [-0.1, -0.05) is 50.9 Å². The van der Waals surface area contributed by atoms with Gasteiger partial charge in [0.05, 0.1) is 0 Å². The Hall–Kier alpha value is -1.04. The summed E-state index contributed by atoms with van der Waals surface area (Å²) in [6, 6.07) is 2.65. The maximum absolute atomic E-state index is 12.6. The zero-order valence-electron chi connectivity index (χ0n) is 28.0. The Morgan fingerprint density at radius 3 is 1.78 bits per heavy atom. The first kappa shape index (κ1) is 40.1. The van der Waals surface area contributed by atoms with Crippen molar-refractivity contribution in [2.45, 2.75) is 96.6 Å². The Morgan fingerprint density at radius 1 is 0.778 bits per heavy atom. The van der Waals surface area contributed by atoms with E-state index in [9.17, 15) is 9.59 Å². The number of hydrogen-bond acceptors (Lipinski definition) is 8. The lowest BCUT2D eigenvalue weighted by Crippen LogP contribution is -2.37. The molecule has 10 nitrogen and oxygen atoms in total. The Morgan fingerprint density at radius 2 is 1.27 bits per heavy atom. The number of aromatic nitrogens is 4. The van der Waals surface area contributed by atoms with Crippen molar-refractivity contribution >= 4 is 71.2 Å². The first-order valence-corrected chi connectivity index (χ1v) is 25.5. The largest absolute Gasteiger partial charge is 0.366 e. The third kappa shape index (κ3) is 16.6. The van der Waals surface area contributed by atoms with Gasteiger partial charge < -0.3 is 24.3 Å². The monoisotopic (exact) mass is 810 g/mol. The molecule has 2 aromatic rings. The number of alkyl halides is 1. The molecular weight excluding hydrogens is 760 g/mol. The molecule has 0 amide bonds. The molecule has 4 rings (SSSR count). The Kier molecular flexibility index (Phi) is 18.2. The molecule has 0 aromatic carbocycles. The Balaban J connectivity index is 0.000000262. The van der Waals surface area contributed by atoms with Crippen LogP contribution in [0.25, 0.3) is 0 Å². The van der Waals surface area contributed by atoms with Gasteiger partial charge in [0.15, 0.2) is 11.6 Å². The number of H-pyrrole nitrogens is 1. The second kappa shape index (κ2) is 20.4. The Labute approximate surface area is 292 Å². The molecular formula is C30H53Br2ClN6O4Si2. The number of rotatable bonds is 11. The lowest BCUT2D eigenvalue weighted by molar-refractivity contribution is 0.0844. The van der Waals surface area contributed by atoms with Crippen molar-refractivity contribution in [1.82, 2.24) is 19.5 Å². The van der Waals surface area contributed by atoms with Crippen LogP contribution < -0.4 is 20.9 Å². The van der Waals surface area contributed by atoms with Crippen molar-refractivity contribution in [3.05, 3.63) is 42.3 Å². The highest BCUT2D eigenvalue weighted by Crippen LogP contribution is 2.17. The van der Waals surface area contributed by atoms with Crippen molar-refractivity contribution < 1.29 is 9.47 Å². The lowest BCUT2D eigenvalue weighted by atomic mass is 10.1. The molecule has 0 bridgehead atoms. The molecule has 0 atom stereocenters. The molecule has 45 heavy (non-hydrogen) atoms. The van der Waals surface area contributed by atoms with Gasteiger partial charge in [0.25, 0.3) is 11.1 Å². The van der Waals surface area contributed by atoms with E-state index in [0.29, 0.717) is 40.2 Å². The fourth-order valence-corrected chi connectivity index (χ4v) is 6.89. The fraction of sp³-hybridized carbons (Fsp3) is 0.733. The van der Waals surface area contributed by atoms with E-state index in [0.717, 1.165) is 64.5 Å². The van der Waals surface area contributed by atoms with Crippen LogP contribution >= 0.6 is 43.5 Å². The molecule has 15 heteroatoms. The maximum atomic E-state index is 12.6. The van der Waals surface area contributed by atoms with Crippen molar-refractivity contribution in [3.63, 3.8) is 0 Å². The minimum absolute atomic E-state index is 0.0573. The average molecular weight is 813 g/mol. The molecule has 0 radical (unpaired) electrons. The molecule has 0 saturated carbocycles. The van der Waals surface area contributed by atoms with E-state index in [4.69, 9.17) is 21.1 Å². The standard InChI is InChI=1S/C15H26BrN3O2Si.C9H12BrN3O.C6H15ClOSi/c1-22(2,3)10-9-21-12-19-11-13(16)17-14(15(19)20)18-7-5-4-6-8-18;10-7-6-11-9(14)8(12-7)13-4-2-1-3-5-13;1-9(2,3)5-4-8-6-7/h11H,4-10,12H2,1-3H3;6H,1-5H2,(H,11,14);4-6H2,1-3H3. The second-order valence-electron chi connectivity index (χ2n) is 13.8. The number of aromatic amines is 1. The summed E-state index contributed by atoms with van der Waals surface area (Å²) in [5.41, 5.74) is -0.159. The first-order valence-electron chi connectivity index (χ1n) is 15.9. The third-order valence-electron chi connectivity index (χ3n) is 7.28. The van der Waals surface area contributed by atoms with Gasteiger partial charge in [0, 0.05) is 67.9 Å². The van der Waals surface area contributed by atoms with Gasteiger partial charge >= 0.3 is 0 Å². The highest BCUT2D eigenvalue weighted by molar-refractivity contribution is 9.10. The number of halogens is 3. The number of ether oxygens (including phenoxy) is 2. The number of anilines is 2. The molecule has 256 valence electrons. The highest BCUT2D eigenvalue weighted by Gasteiger charge is 2.19. The average Bonchev–Trinajstić information content (AvgIpc) is 2.98. The van der Waals surface area contributed by atoms with E-state index >= 15 is 0 Å². The molecule has 2 aliphatic heterocycles. The van der Waals surface area contributed by atoms with Crippen LogP contribution in [0.15, 0.2) is 31.2 Å². The summed E-state index contributed by atoms with van der Waals surface area (Å²) in [6.45, 7) is 19.5. The van der Waals surface area contributed by atoms with Crippen LogP contribution in [0.3, 0.4) is 0 Å². The number of nitrogens with zero attached hydrogens (tertiary/aromatic N) is 5. The SMILES string of the molecule is C[Si](C)(C)CCOCCl.C[Si](C)(C)CCOCn1cc(Br)nc(N2CCCCC2)c1=O.O=c1[nH]cc(Br)nc1N1CCCCC1. The van der Waals surface area contributed by atoms with Crippen molar-refractivity contribution in [2.24, 2.45) is 0 Å². The predicted octanol–water partition coefficient (Wildman–Crippen LogP) is 7.37. The molecule has 1 N–H and O–H groups in total. The summed E-state index contributed by atoms with van der Waals surface area (Å²) in [5, 5.41) is 0. The van der Waals surface area contributed by atoms with Crippen LogP contribution in [-0.4, -0.2) is 81.1 Å². The summed E-state index contributed by atoms with van der Waals surface area (Å²) in [6.07, 6.45) is 10.3. The first-order chi connectivity index (χ1) is 21.2. The zero-order chi connectivity index (χ0) is 33.5. The molecule has 0 spiro atoms. The van der Waals surface area contributed by atoms with E-state index in [2.05, 4.69) is 91.0 Å². The fourth-order valence-electron chi connectivity index (χ4n) is 4.57. The van der Waals surface area contributed by atoms with Crippen LogP contribution in [0.5, 0.6) is 0 Å². The van der Waals surface area contributed by atoms with Gasteiger partial charge in [-0.05, 0) is 82.5 Å². The van der Waals surface area contributed by atoms with Crippen LogP contribution in [0.4, 0.5) is 11.6 Å². The molecule has 4 heterocycles. The van der Waals surface area contributed by atoms with Crippen LogP contribution in [0.1, 0.15) is 38.5 Å². The van der Waals surface area contributed by atoms with Gasteiger partial charge in [-0.25, -0.2) is 9.97 Å². The van der Waals surface area contributed by atoms with Gasteiger partial charge in [-0.15, -0.1) is 0 Å². The van der Waals surface area contributed by atoms with E-state index in [1.54, 1.807) is 17.0 Å². The van der Waals surface area contributed by atoms with E-state index < -0.39 is 16.1 Å². The van der Waals surface area contributed by atoms with Crippen molar-refractivity contribution in [2.75, 3.05) is 55.3 Å². The summed E-state index contributed by atoms with van der Waals surface area (Å²) in [5.74, 6) is 1.09. The van der Waals surface area contributed by atoms with E-state index in [-0.39, 0.29) is 11.1 Å². The molecule has 2 fully saturated rings. The van der Waals surface area contributed by atoms with E-state index in [1.165, 1.54) is 18.9 Å². The smallest absolute Gasteiger partial charge is 0.295 e. The Bertz CT molecular complexity index is 1260. The molecule has 2 saturated heterocycles. The molecule has 0 aliphatic carbocycles. The third-order valence-corrected chi connectivity index (χ3v) is 11.6. The topological polar surface area (TPSA) is 106 Å². The van der Waals surface area contributed by atoms with E-state index in [1.807, 2.05) is 4.90 Å². The number of hydrogen-bond donors (Lipinski definition) is 1. The number of piperidine rings is 2. The minimum atomic E-state index is -1.10. The lowest BCUT2D eigenvalue weighted by Gasteiger charge is -2.27. The maximum Gasteiger partial charge on any atom is 0.295 e. The normalized spacial score (nSPS) is 15.6. The highest BCUT2D eigenvalue weighted by atomic mass is 79.9. The zero-order valence-corrected chi connectivity index (χ0v) is 33.9. The van der Waals surface area contributed by atoms with Crippen LogP contribution in [-0.2, 0) is 16.2 Å². The summed E-state index contributed by atoms with van der Waals surface area (Å²) in [4.78, 5) is 39.4. The summed E-state index contributed by atoms with van der Waals surface area (Å²) in [7, 11) is -1.98. The van der Waals surface area contributed by atoms with Crippen LogP contribution in [0.2, 0.25) is 51.4 Å². The minimum Gasteiger partial charge on any atom is -0.366 e. The summed E-state index contributed by atoms with van der Waals surface area (Å²) >= 11 is 12.0. The quantitative estimate of drug-likeness (QED) is 0.143. The van der Waals surface area contributed by atoms with Gasteiger partial charge in [0.1, 0.15) is 22.0 Å². The van der Waals surface area contributed by atoms with Crippen molar-refractivity contribution in [3.8, 4) is 0 Å². The number of nitrogens with one attached hydrogen (secondary N) is 1. The molecule has 2 aromatic heterocycles. The van der Waals surface area contributed by atoms with Gasteiger partial charge in [0.2, 0.25) is 0 Å². The van der Waals surface area contributed by atoms with Crippen LogP contribution in [0, 0.1) is 0 Å². The second-order valence-corrected chi connectivity index (χ2v) is 26.9. The molecule has 2 aliphatic rings. The van der Waals surface area contributed by atoms with Gasteiger partial charge in [-0.2, -0.15) is 0 Å². The summed E-state index contributed by atoms with van der Waals surface area (Å²) < 4.78 is 13.7. The predicted molar refractivity (Wildman–Crippen MR) is 200 cm³/mol. The van der Waals surface area contributed by atoms with Crippen molar-refractivity contribution in [1.29, 1.82) is 0 Å². The van der Waals surface area contributed by atoms with Gasteiger partial charge in [-0.3, -0.25) is 14.2 Å². The molecule has 0 unspecified atom stereocenters.